The van der Waals surface area contributed by atoms with Crippen molar-refractivity contribution in [3.05, 3.63) is 59.3 Å². The van der Waals surface area contributed by atoms with E-state index in [1.165, 1.54) is 5.56 Å². The van der Waals surface area contributed by atoms with Crippen LogP contribution in [0.4, 0.5) is 0 Å². The van der Waals surface area contributed by atoms with Gasteiger partial charge in [0.2, 0.25) is 0 Å². The summed E-state index contributed by atoms with van der Waals surface area (Å²) in [6.07, 6.45) is 4.79. The van der Waals surface area contributed by atoms with Crippen LogP contribution in [0.25, 0.3) is 0 Å². The van der Waals surface area contributed by atoms with Crippen LogP contribution in [0.1, 0.15) is 19.4 Å². The second-order valence-corrected chi connectivity index (χ2v) is 4.28. The van der Waals surface area contributed by atoms with Crippen LogP contribution in [0, 0.1) is 0 Å². The van der Waals surface area contributed by atoms with E-state index in [4.69, 9.17) is 0 Å². The summed E-state index contributed by atoms with van der Waals surface area (Å²) in [5, 5.41) is 0. The molecule has 1 aromatic carbocycles. The number of hydrogen-bond donors (Lipinski definition) is 0. The summed E-state index contributed by atoms with van der Waals surface area (Å²) < 4.78 is 0. The van der Waals surface area contributed by atoms with Crippen LogP contribution in [0.5, 0.6) is 0 Å². The molecule has 17 heavy (non-hydrogen) atoms. The average Bonchev–Trinajstić information content (AvgIpc) is 2.29. The molecule has 1 aromatic rings. The molecule has 0 aliphatic rings. The number of carbonyl (C=O) groups is 1. The third-order valence-corrected chi connectivity index (χ3v) is 2.34. The fraction of sp³-hybridized carbons (Fsp3) is 0.267. The molecule has 0 saturated heterocycles. The molecule has 0 heterocycles. The van der Waals surface area contributed by atoms with Crippen molar-refractivity contribution in [2.45, 2.75) is 20.4 Å². The van der Waals surface area contributed by atoms with E-state index in [0.29, 0.717) is 0 Å². The van der Waals surface area contributed by atoms with Gasteiger partial charge in [-0.05, 0) is 30.6 Å². The van der Waals surface area contributed by atoms with Crippen LogP contribution in [0.3, 0.4) is 0 Å². The maximum atomic E-state index is 10.5. The van der Waals surface area contributed by atoms with E-state index in [9.17, 15) is 4.79 Å². The highest BCUT2D eigenvalue weighted by atomic mass is 16.1. The molecule has 0 aliphatic heterocycles. The Hall–Kier alpha value is -1.83. The Morgan fingerprint density at radius 1 is 1.18 bits per heavy atom. The third kappa shape index (κ3) is 5.16. The zero-order chi connectivity index (χ0) is 12.7. The van der Waals surface area contributed by atoms with Gasteiger partial charge in [-0.1, -0.05) is 36.4 Å². The van der Waals surface area contributed by atoms with Crippen molar-refractivity contribution in [3.63, 3.8) is 0 Å². The van der Waals surface area contributed by atoms with Crippen LogP contribution in [-0.4, -0.2) is 18.2 Å². The fourth-order valence-corrected chi connectivity index (χ4v) is 1.70. The Balaban J connectivity index is 2.63. The Morgan fingerprint density at radius 3 is 2.41 bits per heavy atom. The van der Waals surface area contributed by atoms with Crippen molar-refractivity contribution in [1.29, 1.82) is 0 Å². The highest BCUT2D eigenvalue weighted by Gasteiger charge is 1.95. The predicted molar refractivity (Wildman–Crippen MR) is 71.5 cm³/mol. The number of allylic oxidation sites excluding steroid dienone is 3. The number of carbonyl (C=O) groups excluding carboxylic acids is 1. The van der Waals surface area contributed by atoms with Gasteiger partial charge in [-0.15, -0.1) is 0 Å². The summed E-state index contributed by atoms with van der Waals surface area (Å²) in [6, 6.07) is 10.3. The summed E-state index contributed by atoms with van der Waals surface area (Å²) in [4.78, 5) is 12.6. The lowest BCUT2D eigenvalue weighted by atomic mass is 10.2. The summed E-state index contributed by atoms with van der Waals surface area (Å²) in [5.41, 5.74) is 3.09. The molecule has 2 nitrogen and oxygen atoms in total. The van der Waals surface area contributed by atoms with E-state index in [1.54, 1.807) is 0 Å². The highest BCUT2D eigenvalue weighted by molar-refractivity contribution is 5.73. The van der Waals surface area contributed by atoms with E-state index in [-0.39, 0.29) is 0 Å². The molecular weight excluding hydrogens is 210 g/mol. The quantitative estimate of drug-likeness (QED) is 0.439. The average molecular weight is 229 g/mol. The SMILES string of the molecule is C/C(C=O)=C/C(C)=C\N(C)Cc1ccccc1. The lowest BCUT2D eigenvalue weighted by Gasteiger charge is -2.14. The Bertz CT molecular complexity index is 418. The van der Waals surface area contributed by atoms with Gasteiger partial charge < -0.3 is 4.90 Å². The van der Waals surface area contributed by atoms with Crippen molar-refractivity contribution in [3.8, 4) is 0 Å². The molecule has 0 amide bonds. The van der Waals surface area contributed by atoms with Crippen LogP contribution in [-0.2, 0) is 11.3 Å². The first-order chi connectivity index (χ1) is 8.11. The Morgan fingerprint density at radius 2 is 1.82 bits per heavy atom. The normalized spacial score (nSPS) is 12.4. The first kappa shape index (κ1) is 13.2. The second kappa shape index (κ2) is 6.69. The van der Waals surface area contributed by atoms with E-state index >= 15 is 0 Å². The van der Waals surface area contributed by atoms with Crippen LogP contribution >= 0.6 is 0 Å². The van der Waals surface area contributed by atoms with E-state index < -0.39 is 0 Å². The fourth-order valence-electron chi connectivity index (χ4n) is 1.70. The molecule has 0 bridgehead atoms. The molecule has 0 spiro atoms. The number of nitrogens with zero attached hydrogens (tertiary/aromatic N) is 1. The maximum Gasteiger partial charge on any atom is 0.145 e. The van der Waals surface area contributed by atoms with Crippen molar-refractivity contribution >= 4 is 6.29 Å². The standard InChI is InChI=1S/C15H19NO/c1-13(9-14(2)12-17)10-16(3)11-15-7-5-4-6-8-15/h4-10,12H,11H2,1-3H3/b13-10-,14-9-. The highest BCUT2D eigenvalue weighted by Crippen LogP contribution is 2.06. The van der Waals surface area contributed by atoms with Gasteiger partial charge in [0.15, 0.2) is 0 Å². The molecule has 0 saturated carbocycles. The topological polar surface area (TPSA) is 20.3 Å². The number of hydrogen-bond acceptors (Lipinski definition) is 2. The van der Waals surface area contributed by atoms with Gasteiger partial charge >= 0.3 is 0 Å². The molecule has 0 aliphatic carbocycles. The van der Waals surface area contributed by atoms with Gasteiger partial charge in [0, 0.05) is 19.8 Å². The maximum absolute atomic E-state index is 10.5. The monoisotopic (exact) mass is 229 g/mol. The van der Waals surface area contributed by atoms with Gasteiger partial charge in [0.1, 0.15) is 6.29 Å². The van der Waals surface area contributed by atoms with Crippen molar-refractivity contribution in [1.82, 2.24) is 4.90 Å². The Labute approximate surface area is 103 Å². The van der Waals surface area contributed by atoms with E-state index in [1.807, 2.05) is 51.4 Å². The molecular formula is C15H19NO. The zero-order valence-electron chi connectivity index (χ0n) is 10.7. The van der Waals surface area contributed by atoms with Gasteiger partial charge in [0.25, 0.3) is 0 Å². The van der Waals surface area contributed by atoms with Crippen LogP contribution in [0.15, 0.2) is 53.8 Å². The lowest BCUT2D eigenvalue weighted by molar-refractivity contribution is -0.104. The van der Waals surface area contributed by atoms with Crippen molar-refractivity contribution in [2.24, 2.45) is 0 Å². The van der Waals surface area contributed by atoms with Crippen molar-refractivity contribution < 1.29 is 4.79 Å². The molecule has 0 atom stereocenters. The number of benzene rings is 1. The van der Waals surface area contributed by atoms with Crippen LogP contribution in [0.2, 0.25) is 0 Å². The first-order valence-corrected chi connectivity index (χ1v) is 5.68. The largest absolute Gasteiger partial charge is 0.376 e. The van der Waals surface area contributed by atoms with E-state index in [2.05, 4.69) is 17.0 Å². The summed E-state index contributed by atoms with van der Waals surface area (Å²) in [5.74, 6) is 0. The molecule has 0 fully saturated rings. The third-order valence-electron chi connectivity index (χ3n) is 2.34. The van der Waals surface area contributed by atoms with Crippen LogP contribution < -0.4 is 0 Å². The van der Waals surface area contributed by atoms with Gasteiger partial charge in [0.05, 0.1) is 0 Å². The zero-order valence-corrected chi connectivity index (χ0v) is 10.7. The minimum Gasteiger partial charge on any atom is -0.376 e. The first-order valence-electron chi connectivity index (χ1n) is 5.68. The summed E-state index contributed by atoms with van der Waals surface area (Å²) in [6.45, 7) is 4.67. The number of rotatable bonds is 5. The second-order valence-electron chi connectivity index (χ2n) is 4.28. The smallest absolute Gasteiger partial charge is 0.145 e. The Kier molecular flexibility index (Phi) is 5.21. The minimum absolute atomic E-state index is 0.742. The lowest BCUT2D eigenvalue weighted by Crippen LogP contribution is -2.10. The van der Waals surface area contributed by atoms with E-state index in [0.717, 1.165) is 24.0 Å². The van der Waals surface area contributed by atoms with Gasteiger partial charge in [-0.2, -0.15) is 0 Å². The van der Waals surface area contributed by atoms with Gasteiger partial charge in [-0.25, -0.2) is 0 Å². The molecule has 0 radical (unpaired) electrons. The summed E-state index contributed by atoms with van der Waals surface area (Å²) in [7, 11) is 2.03. The predicted octanol–water partition coefficient (Wildman–Crippen LogP) is 3.17. The molecule has 0 unspecified atom stereocenters. The number of aldehydes is 1. The summed E-state index contributed by atoms with van der Waals surface area (Å²) >= 11 is 0. The molecule has 90 valence electrons. The molecule has 0 N–H and O–H groups in total. The van der Waals surface area contributed by atoms with Crippen molar-refractivity contribution in [2.75, 3.05) is 7.05 Å². The molecule has 1 rings (SSSR count). The molecule has 0 aromatic heterocycles. The molecule has 2 heteroatoms. The minimum atomic E-state index is 0.742. The van der Waals surface area contributed by atoms with Gasteiger partial charge in [-0.3, -0.25) is 4.79 Å².